The van der Waals surface area contributed by atoms with Crippen molar-refractivity contribution >= 4 is 38.2 Å². The number of H-pyrrole nitrogens is 1. The standard InChI is InChI=1S/C10H5BrF2N4S/c11-4-1-2-6-5(3-4)7(15-14-6)9-16-17-10(18-9)8(12)13/h1-3,8H,(H,14,15). The van der Waals surface area contributed by atoms with Crippen LogP contribution in [-0.4, -0.2) is 20.4 Å². The van der Waals surface area contributed by atoms with Gasteiger partial charge in [-0.3, -0.25) is 5.10 Å². The highest BCUT2D eigenvalue weighted by Crippen LogP contribution is 2.32. The molecule has 2 aromatic heterocycles. The number of aromatic amines is 1. The normalized spacial score (nSPS) is 11.6. The SMILES string of the molecule is FC(F)c1nnc(-c2n[nH]c3ccc(Br)cc23)s1. The van der Waals surface area contributed by atoms with Crippen LogP contribution in [0.3, 0.4) is 0 Å². The van der Waals surface area contributed by atoms with Crippen LogP contribution < -0.4 is 0 Å². The Morgan fingerprint density at radius 1 is 1.28 bits per heavy atom. The third-order valence-corrected chi connectivity index (χ3v) is 3.79. The van der Waals surface area contributed by atoms with Crippen molar-refractivity contribution in [2.24, 2.45) is 0 Å². The van der Waals surface area contributed by atoms with Gasteiger partial charge in [0.05, 0.1) is 5.52 Å². The van der Waals surface area contributed by atoms with Crippen molar-refractivity contribution in [3.63, 3.8) is 0 Å². The number of nitrogens with one attached hydrogen (secondary N) is 1. The molecule has 1 aromatic carbocycles. The van der Waals surface area contributed by atoms with Crippen molar-refractivity contribution in [3.8, 4) is 10.7 Å². The monoisotopic (exact) mass is 330 g/mol. The van der Waals surface area contributed by atoms with Crippen LogP contribution in [0.1, 0.15) is 11.4 Å². The summed E-state index contributed by atoms with van der Waals surface area (Å²) in [6.07, 6.45) is -2.60. The fraction of sp³-hybridized carbons (Fsp3) is 0.100. The molecule has 0 spiro atoms. The summed E-state index contributed by atoms with van der Waals surface area (Å²) >= 11 is 4.21. The second-order valence-corrected chi connectivity index (χ2v) is 5.43. The fourth-order valence-electron chi connectivity index (χ4n) is 1.57. The maximum absolute atomic E-state index is 12.5. The zero-order valence-electron chi connectivity index (χ0n) is 8.69. The number of rotatable bonds is 2. The lowest BCUT2D eigenvalue weighted by Crippen LogP contribution is -1.80. The number of alkyl halides is 2. The van der Waals surface area contributed by atoms with E-state index in [0.717, 1.165) is 26.7 Å². The van der Waals surface area contributed by atoms with Crippen LogP contribution in [-0.2, 0) is 0 Å². The first-order valence-corrected chi connectivity index (χ1v) is 6.51. The van der Waals surface area contributed by atoms with Gasteiger partial charge in [-0.25, -0.2) is 8.78 Å². The average Bonchev–Trinajstić information content (AvgIpc) is 2.93. The second kappa shape index (κ2) is 4.36. The van der Waals surface area contributed by atoms with E-state index in [0.29, 0.717) is 10.7 Å². The van der Waals surface area contributed by atoms with Gasteiger partial charge in [0.15, 0.2) is 10.0 Å². The number of hydrogen-bond donors (Lipinski definition) is 1. The molecule has 1 N–H and O–H groups in total. The maximum Gasteiger partial charge on any atom is 0.291 e. The van der Waals surface area contributed by atoms with E-state index >= 15 is 0 Å². The molecule has 92 valence electrons. The summed E-state index contributed by atoms with van der Waals surface area (Å²) in [6, 6.07) is 5.58. The van der Waals surface area contributed by atoms with E-state index in [4.69, 9.17) is 0 Å². The van der Waals surface area contributed by atoms with Crippen LogP contribution >= 0.6 is 27.3 Å². The van der Waals surface area contributed by atoms with E-state index in [1.165, 1.54) is 0 Å². The molecule has 0 unspecified atom stereocenters. The van der Waals surface area contributed by atoms with Crippen molar-refractivity contribution in [2.45, 2.75) is 6.43 Å². The second-order valence-electron chi connectivity index (χ2n) is 3.51. The van der Waals surface area contributed by atoms with Gasteiger partial charge in [0, 0.05) is 9.86 Å². The van der Waals surface area contributed by atoms with Crippen molar-refractivity contribution in [1.29, 1.82) is 0 Å². The smallest absolute Gasteiger partial charge is 0.277 e. The summed E-state index contributed by atoms with van der Waals surface area (Å²) in [5.41, 5.74) is 1.36. The number of aromatic nitrogens is 4. The molecule has 0 amide bonds. The zero-order chi connectivity index (χ0) is 12.7. The lowest BCUT2D eigenvalue weighted by molar-refractivity contribution is 0.150. The highest BCUT2D eigenvalue weighted by atomic mass is 79.9. The van der Waals surface area contributed by atoms with Gasteiger partial charge >= 0.3 is 0 Å². The third kappa shape index (κ3) is 1.91. The molecule has 3 aromatic rings. The number of benzene rings is 1. The summed E-state index contributed by atoms with van der Waals surface area (Å²) in [5, 5.41) is 15.0. The van der Waals surface area contributed by atoms with Gasteiger partial charge in [-0.15, -0.1) is 10.2 Å². The molecule has 0 aliphatic rings. The summed E-state index contributed by atoms with van der Waals surface area (Å²) in [4.78, 5) is 0. The van der Waals surface area contributed by atoms with Gasteiger partial charge in [-0.05, 0) is 18.2 Å². The molecule has 4 nitrogen and oxygen atoms in total. The van der Waals surface area contributed by atoms with Crippen LogP contribution in [0.25, 0.3) is 21.6 Å². The molecule has 0 atom stereocenters. The van der Waals surface area contributed by atoms with Crippen LogP contribution in [0, 0.1) is 0 Å². The van der Waals surface area contributed by atoms with Gasteiger partial charge in [-0.1, -0.05) is 27.3 Å². The van der Waals surface area contributed by atoms with Gasteiger partial charge in [0.1, 0.15) is 5.69 Å². The average molecular weight is 331 g/mol. The van der Waals surface area contributed by atoms with Gasteiger partial charge in [-0.2, -0.15) is 5.10 Å². The minimum absolute atomic E-state index is 0.295. The summed E-state index contributed by atoms with van der Waals surface area (Å²) in [7, 11) is 0. The Morgan fingerprint density at radius 2 is 2.11 bits per heavy atom. The molecule has 0 bridgehead atoms. The van der Waals surface area contributed by atoms with E-state index in [2.05, 4.69) is 36.3 Å². The Balaban J connectivity index is 2.15. The lowest BCUT2D eigenvalue weighted by atomic mass is 10.2. The Morgan fingerprint density at radius 3 is 2.83 bits per heavy atom. The molecular formula is C10H5BrF2N4S. The van der Waals surface area contributed by atoms with E-state index < -0.39 is 6.43 Å². The highest BCUT2D eigenvalue weighted by Gasteiger charge is 2.18. The molecule has 0 saturated heterocycles. The number of hydrogen-bond acceptors (Lipinski definition) is 4. The van der Waals surface area contributed by atoms with Crippen molar-refractivity contribution in [3.05, 3.63) is 27.7 Å². The number of nitrogens with zero attached hydrogens (tertiary/aromatic N) is 3. The summed E-state index contributed by atoms with van der Waals surface area (Å²) in [6.45, 7) is 0. The van der Waals surface area contributed by atoms with Crippen LogP contribution in [0.2, 0.25) is 0 Å². The summed E-state index contributed by atoms with van der Waals surface area (Å²) in [5.74, 6) is 0. The predicted molar refractivity (Wildman–Crippen MR) is 67.7 cm³/mol. The minimum atomic E-state index is -2.60. The number of fused-ring (bicyclic) bond motifs is 1. The zero-order valence-corrected chi connectivity index (χ0v) is 11.1. The molecule has 18 heavy (non-hydrogen) atoms. The van der Waals surface area contributed by atoms with E-state index in [1.807, 2.05) is 18.2 Å². The molecule has 2 heterocycles. The molecule has 0 aliphatic heterocycles. The van der Waals surface area contributed by atoms with Crippen molar-refractivity contribution in [2.75, 3.05) is 0 Å². The lowest BCUT2D eigenvalue weighted by Gasteiger charge is -1.92. The Hall–Kier alpha value is -1.41. The first-order chi connectivity index (χ1) is 8.65. The first-order valence-electron chi connectivity index (χ1n) is 4.90. The molecule has 0 aliphatic carbocycles. The van der Waals surface area contributed by atoms with Gasteiger partial charge < -0.3 is 0 Å². The molecule has 0 radical (unpaired) electrons. The first kappa shape index (κ1) is 11.7. The molecule has 8 heteroatoms. The molecule has 0 saturated carbocycles. The van der Waals surface area contributed by atoms with E-state index in [-0.39, 0.29) is 5.01 Å². The van der Waals surface area contributed by atoms with Crippen LogP contribution in [0.5, 0.6) is 0 Å². The summed E-state index contributed by atoms with van der Waals surface area (Å²) < 4.78 is 25.8. The quantitative estimate of drug-likeness (QED) is 0.777. The molecule has 0 fully saturated rings. The van der Waals surface area contributed by atoms with Crippen molar-refractivity contribution < 1.29 is 8.78 Å². The fourth-order valence-corrected chi connectivity index (χ4v) is 2.63. The van der Waals surface area contributed by atoms with Gasteiger partial charge in [0.2, 0.25) is 0 Å². The predicted octanol–water partition coefficient (Wildman–Crippen LogP) is 3.78. The molecule has 3 rings (SSSR count). The van der Waals surface area contributed by atoms with Crippen LogP contribution in [0.15, 0.2) is 22.7 Å². The van der Waals surface area contributed by atoms with E-state index in [1.54, 1.807) is 0 Å². The Kier molecular flexibility index (Phi) is 2.83. The number of halogens is 3. The Bertz CT molecular complexity index is 709. The Labute approximate surface area is 112 Å². The van der Waals surface area contributed by atoms with Crippen molar-refractivity contribution in [1.82, 2.24) is 20.4 Å². The highest BCUT2D eigenvalue weighted by molar-refractivity contribution is 9.10. The molecular weight excluding hydrogens is 326 g/mol. The van der Waals surface area contributed by atoms with Crippen LogP contribution in [0.4, 0.5) is 8.78 Å². The maximum atomic E-state index is 12.5. The largest absolute Gasteiger partial charge is 0.291 e. The minimum Gasteiger partial charge on any atom is -0.277 e. The van der Waals surface area contributed by atoms with Gasteiger partial charge in [0.25, 0.3) is 6.43 Å². The third-order valence-electron chi connectivity index (χ3n) is 2.35. The topological polar surface area (TPSA) is 54.5 Å². The van der Waals surface area contributed by atoms with E-state index in [9.17, 15) is 8.78 Å².